The van der Waals surface area contributed by atoms with Gasteiger partial charge in [0.1, 0.15) is 17.1 Å². The molecule has 0 spiro atoms. The van der Waals surface area contributed by atoms with Crippen molar-refractivity contribution >= 4 is 17.8 Å². The lowest BCUT2D eigenvalue weighted by molar-refractivity contribution is -0.151. The highest BCUT2D eigenvalue weighted by Crippen LogP contribution is 2.50. The van der Waals surface area contributed by atoms with E-state index in [-0.39, 0.29) is 18.9 Å². The zero-order valence-corrected chi connectivity index (χ0v) is 17.8. The van der Waals surface area contributed by atoms with E-state index in [9.17, 15) is 19.5 Å². The average Bonchev–Trinajstić information content (AvgIpc) is 3.34. The first-order valence-corrected chi connectivity index (χ1v) is 10.4. The van der Waals surface area contributed by atoms with Crippen molar-refractivity contribution in [3.63, 3.8) is 0 Å². The van der Waals surface area contributed by atoms with E-state index in [0.717, 1.165) is 11.1 Å². The number of hydrogen-bond acceptors (Lipinski definition) is 5. The van der Waals surface area contributed by atoms with Gasteiger partial charge >= 0.3 is 5.97 Å². The van der Waals surface area contributed by atoms with Crippen LogP contribution in [0.2, 0.25) is 0 Å². The molecule has 4 unspecified atom stereocenters. The number of aliphatic carboxylic acids is 1. The summed E-state index contributed by atoms with van der Waals surface area (Å²) in [4.78, 5) is 40.6. The number of benzene rings is 1. The van der Waals surface area contributed by atoms with Crippen LogP contribution in [0, 0.1) is 25.7 Å². The Morgan fingerprint density at radius 3 is 2.52 bits per heavy atom. The highest BCUT2D eigenvalue weighted by atomic mass is 16.4. The van der Waals surface area contributed by atoms with Crippen LogP contribution < -0.4 is 5.32 Å². The number of likely N-dealkylation sites (tertiary alicyclic amines) is 1. The maximum atomic E-state index is 13.4. The van der Waals surface area contributed by atoms with Gasteiger partial charge < -0.3 is 9.52 Å². The van der Waals surface area contributed by atoms with Crippen LogP contribution in [0.25, 0.3) is 0 Å². The number of furan rings is 1. The third-order valence-electron chi connectivity index (χ3n) is 6.47. The monoisotopic (exact) mass is 422 g/mol. The van der Waals surface area contributed by atoms with E-state index >= 15 is 0 Å². The summed E-state index contributed by atoms with van der Waals surface area (Å²) in [6.45, 7) is 5.65. The van der Waals surface area contributed by atoms with Gasteiger partial charge in [-0.1, -0.05) is 42.5 Å². The number of hydrogen-bond donors (Lipinski definition) is 2. The molecule has 2 aromatic rings. The van der Waals surface area contributed by atoms with Crippen molar-refractivity contribution in [1.29, 1.82) is 0 Å². The van der Waals surface area contributed by atoms with E-state index in [1.165, 1.54) is 4.90 Å². The fraction of sp³-hybridized carbons (Fsp3) is 0.375. The molecule has 2 saturated heterocycles. The van der Waals surface area contributed by atoms with Crippen LogP contribution in [0.4, 0.5) is 0 Å². The molecule has 4 rings (SSSR count). The molecule has 0 saturated carbocycles. The lowest BCUT2D eigenvalue weighted by Crippen LogP contribution is -2.57. The second-order valence-corrected chi connectivity index (χ2v) is 8.31. The van der Waals surface area contributed by atoms with Crippen molar-refractivity contribution in [2.75, 3.05) is 6.54 Å². The van der Waals surface area contributed by atoms with Gasteiger partial charge in [0.05, 0.1) is 17.9 Å². The molecule has 2 aliphatic rings. The number of nitrogens with zero attached hydrogens (tertiary/aromatic N) is 1. The summed E-state index contributed by atoms with van der Waals surface area (Å²) in [6, 6.07) is 10.3. The summed E-state index contributed by atoms with van der Waals surface area (Å²) >= 11 is 0. The van der Waals surface area contributed by atoms with Crippen molar-refractivity contribution in [3.8, 4) is 0 Å². The van der Waals surface area contributed by atoms with Crippen LogP contribution in [0.3, 0.4) is 0 Å². The number of carboxylic acids is 1. The quantitative estimate of drug-likeness (QED) is 0.549. The lowest BCUT2D eigenvalue weighted by atomic mass is 9.76. The van der Waals surface area contributed by atoms with Crippen molar-refractivity contribution in [2.45, 2.75) is 38.8 Å². The minimum Gasteiger partial charge on any atom is -0.480 e. The normalized spacial score (nSPS) is 28.0. The van der Waals surface area contributed by atoms with Crippen LogP contribution in [0.5, 0.6) is 0 Å². The Morgan fingerprint density at radius 2 is 1.94 bits per heavy atom. The number of amides is 2. The Labute approximate surface area is 180 Å². The van der Waals surface area contributed by atoms with Crippen molar-refractivity contribution in [1.82, 2.24) is 10.2 Å². The molecule has 31 heavy (non-hydrogen) atoms. The van der Waals surface area contributed by atoms with Crippen LogP contribution >= 0.6 is 0 Å². The summed E-state index contributed by atoms with van der Waals surface area (Å²) in [5, 5.41) is 13.5. The molecule has 2 N–H and O–H groups in total. The van der Waals surface area contributed by atoms with Crippen molar-refractivity contribution in [3.05, 3.63) is 71.2 Å². The summed E-state index contributed by atoms with van der Waals surface area (Å²) < 4.78 is 5.88. The first-order chi connectivity index (χ1) is 14.8. The van der Waals surface area contributed by atoms with E-state index in [1.807, 2.05) is 57.2 Å². The molecule has 162 valence electrons. The number of rotatable bonds is 6. The van der Waals surface area contributed by atoms with Crippen molar-refractivity contribution in [2.24, 2.45) is 11.8 Å². The van der Waals surface area contributed by atoms with Gasteiger partial charge in [-0.2, -0.15) is 0 Å². The molecule has 7 nitrogen and oxygen atoms in total. The Hall–Kier alpha value is -3.19. The number of allylic oxidation sites excluding steroid dienone is 1. The second kappa shape index (κ2) is 7.81. The number of imide groups is 1. The van der Waals surface area contributed by atoms with E-state index < -0.39 is 35.3 Å². The largest absolute Gasteiger partial charge is 0.480 e. The van der Waals surface area contributed by atoms with Gasteiger partial charge in [0.15, 0.2) is 0 Å². The first-order valence-electron chi connectivity index (χ1n) is 10.4. The number of carbonyl (C=O) groups excluding carboxylic acids is 2. The molecule has 0 bridgehead atoms. The summed E-state index contributed by atoms with van der Waals surface area (Å²) in [7, 11) is 0. The summed E-state index contributed by atoms with van der Waals surface area (Å²) in [5.41, 5.74) is 0.0606. The van der Waals surface area contributed by atoms with Crippen LogP contribution in [-0.2, 0) is 20.8 Å². The minimum atomic E-state index is -1.62. The SMILES string of the molecule is CC=CCN1C(=O)C2C(c3cc(C)c(C)o3)NC(Cc3ccccc3)(C(=O)O)C2C1=O. The molecule has 2 amide bonds. The fourth-order valence-corrected chi connectivity index (χ4v) is 4.81. The van der Waals surface area contributed by atoms with Gasteiger partial charge in [-0.05, 0) is 38.0 Å². The second-order valence-electron chi connectivity index (χ2n) is 8.31. The van der Waals surface area contributed by atoms with Crippen LogP contribution in [0.15, 0.2) is 53.0 Å². The Kier molecular flexibility index (Phi) is 5.31. The van der Waals surface area contributed by atoms with Gasteiger partial charge in [-0.15, -0.1) is 0 Å². The molecule has 0 aliphatic carbocycles. The van der Waals surface area contributed by atoms with Gasteiger partial charge in [-0.3, -0.25) is 24.6 Å². The minimum absolute atomic E-state index is 0.0794. The average molecular weight is 422 g/mol. The topological polar surface area (TPSA) is 99.8 Å². The molecular weight excluding hydrogens is 396 g/mol. The van der Waals surface area contributed by atoms with Crippen LogP contribution in [-0.4, -0.2) is 39.9 Å². The van der Waals surface area contributed by atoms with E-state index in [0.29, 0.717) is 11.5 Å². The molecule has 3 heterocycles. The molecule has 2 fully saturated rings. The molecular formula is C24H26N2O5. The molecule has 2 aliphatic heterocycles. The number of carboxylic acid groups (broad SMARTS) is 1. The summed E-state index contributed by atoms with van der Waals surface area (Å²) in [6.07, 6.45) is 3.56. The van der Waals surface area contributed by atoms with Crippen LogP contribution in [0.1, 0.15) is 35.6 Å². The maximum Gasteiger partial charge on any atom is 0.325 e. The van der Waals surface area contributed by atoms with E-state index in [2.05, 4.69) is 5.32 Å². The Morgan fingerprint density at radius 1 is 1.23 bits per heavy atom. The van der Waals surface area contributed by atoms with Gasteiger partial charge in [-0.25, -0.2) is 0 Å². The highest BCUT2D eigenvalue weighted by Gasteiger charge is 2.68. The zero-order chi connectivity index (χ0) is 22.3. The third-order valence-corrected chi connectivity index (χ3v) is 6.47. The number of aryl methyl sites for hydroxylation is 2. The van der Waals surface area contributed by atoms with Gasteiger partial charge in [0, 0.05) is 13.0 Å². The molecule has 1 aromatic heterocycles. The number of carbonyl (C=O) groups is 3. The van der Waals surface area contributed by atoms with E-state index in [1.54, 1.807) is 12.2 Å². The Balaban J connectivity index is 1.84. The molecule has 0 radical (unpaired) electrons. The number of nitrogens with one attached hydrogen (secondary N) is 1. The standard InChI is InChI=1S/C24H26N2O5/c1-4-5-11-26-21(27)18-19(22(26)28)24(23(29)30,13-16-9-7-6-8-10-16)25-20(18)17-12-14(2)15(3)31-17/h4-10,12,18-20,25H,11,13H2,1-3H3,(H,29,30). The molecule has 4 atom stereocenters. The first kappa shape index (κ1) is 21.1. The van der Waals surface area contributed by atoms with Gasteiger partial charge in [0.25, 0.3) is 0 Å². The van der Waals surface area contributed by atoms with Crippen molar-refractivity contribution < 1.29 is 23.9 Å². The third kappa shape index (κ3) is 3.29. The lowest BCUT2D eigenvalue weighted by Gasteiger charge is -2.31. The molecule has 1 aromatic carbocycles. The zero-order valence-electron chi connectivity index (χ0n) is 17.8. The number of fused-ring (bicyclic) bond motifs is 1. The van der Waals surface area contributed by atoms with Gasteiger partial charge in [0.2, 0.25) is 11.8 Å². The summed E-state index contributed by atoms with van der Waals surface area (Å²) in [5.74, 6) is -2.67. The van der Waals surface area contributed by atoms with E-state index in [4.69, 9.17) is 4.42 Å². The Bertz CT molecular complexity index is 1040. The molecule has 7 heteroatoms. The predicted molar refractivity (Wildman–Crippen MR) is 113 cm³/mol. The predicted octanol–water partition coefficient (Wildman–Crippen LogP) is 2.78. The maximum absolute atomic E-state index is 13.4. The smallest absolute Gasteiger partial charge is 0.325 e. The fourth-order valence-electron chi connectivity index (χ4n) is 4.81. The highest BCUT2D eigenvalue weighted by molar-refractivity contribution is 6.09.